The third-order valence-corrected chi connectivity index (χ3v) is 4.58. The van der Waals surface area contributed by atoms with E-state index in [1.807, 2.05) is 18.2 Å². The number of aromatic nitrogens is 2. The highest BCUT2D eigenvalue weighted by atomic mass is 19.1. The van der Waals surface area contributed by atoms with Crippen molar-refractivity contribution in [2.75, 3.05) is 25.1 Å². The minimum absolute atomic E-state index is 0.116. The van der Waals surface area contributed by atoms with E-state index in [1.165, 1.54) is 17.7 Å². The lowest BCUT2D eigenvalue weighted by molar-refractivity contribution is 0.181. The van der Waals surface area contributed by atoms with Crippen molar-refractivity contribution in [1.82, 2.24) is 9.97 Å². The van der Waals surface area contributed by atoms with Gasteiger partial charge in [-0.15, -0.1) is 0 Å². The summed E-state index contributed by atoms with van der Waals surface area (Å²) in [4.78, 5) is 11.8. The van der Waals surface area contributed by atoms with Crippen molar-refractivity contribution in [1.29, 1.82) is 0 Å². The van der Waals surface area contributed by atoms with Crippen LogP contribution >= 0.6 is 0 Å². The van der Waals surface area contributed by atoms with Crippen molar-refractivity contribution in [3.63, 3.8) is 0 Å². The SMILES string of the molecule is COCc1cc(N2CCC(c3ccc(F)cc3)C2)nc(C(C)(C)C)n1. The fraction of sp³-hybridized carbons (Fsp3) is 0.500. The van der Waals surface area contributed by atoms with Crippen LogP contribution in [0.4, 0.5) is 10.2 Å². The Bertz CT molecular complexity index is 725. The van der Waals surface area contributed by atoms with E-state index in [-0.39, 0.29) is 11.2 Å². The van der Waals surface area contributed by atoms with Crippen LogP contribution in [-0.4, -0.2) is 30.2 Å². The third-order valence-electron chi connectivity index (χ3n) is 4.58. The van der Waals surface area contributed by atoms with Crippen LogP contribution in [0.1, 0.15) is 50.2 Å². The summed E-state index contributed by atoms with van der Waals surface area (Å²) >= 11 is 0. The number of hydrogen-bond acceptors (Lipinski definition) is 4. The summed E-state index contributed by atoms with van der Waals surface area (Å²) < 4.78 is 18.4. The fourth-order valence-corrected chi connectivity index (χ4v) is 3.18. The van der Waals surface area contributed by atoms with Crippen molar-refractivity contribution >= 4 is 5.82 Å². The van der Waals surface area contributed by atoms with Crippen LogP contribution in [0.3, 0.4) is 0 Å². The Hall–Kier alpha value is -2.01. The predicted octanol–water partition coefficient (Wildman–Crippen LogP) is 4.05. The van der Waals surface area contributed by atoms with Crippen LogP contribution in [0.25, 0.3) is 0 Å². The van der Waals surface area contributed by atoms with Crippen LogP contribution in [-0.2, 0) is 16.8 Å². The number of nitrogens with zero attached hydrogens (tertiary/aromatic N) is 3. The van der Waals surface area contributed by atoms with E-state index >= 15 is 0 Å². The van der Waals surface area contributed by atoms with Gasteiger partial charge in [-0.05, 0) is 24.1 Å². The van der Waals surface area contributed by atoms with Gasteiger partial charge in [-0.3, -0.25) is 0 Å². The Morgan fingerprint density at radius 3 is 2.56 bits per heavy atom. The second-order valence-corrected chi connectivity index (χ2v) is 7.71. The molecule has 2 heterocycles. The molecule has 0 bridgehead atoms. The molecule has 3 rings (SSSR count). The van der Waals surface area contributed by atoms with Gasteiger partial charge in [0.2, 0.25) is 0 Å². The molecule has 0 radical (unpaired) electrons. The molecule has 5 heteroatoms. The molecule has 1 aliphatic heterocycles. The monoisotopic (exact) mass is 343 g/mol. The van der Waals surface area contributed by atoms with E-state index in [4.69, 9.17) is 9.72 Å². The third kappa shape index (κ3) is 4.15. The highest BCUT2D eigenvalue weighted by Gasteiger charge is 2.27. The zero-order valence-electron chi connectivity index (χ0n) is 15.4. The summed E-state index contributed by atoms with van der Waals surface area (Å²) in [6, 6.07) is 8.88. The van der Waals surface area contributed by atoms with E-state index in [9.17, 15) is 4.39 Å². The molecular weight excluding hydrogens is 317 g/mol. The molecule has 0 amide bonds. The average Bonchev–Trinajstić information content (AvgIpc) is 3.05. The van der Waals surface area contributed by atoms with Gasteiger partial charge in [0.1, 0.15) is 17.5 Å². The Balaban J connectivity index is 1.84. The van der Waals surface area contributed by atoms with Crippen LogP contribution in [0.5, 0.6) is 0 Å². The highest BCUT2D eigenvalue weighted by molar-refractivity contribution is 5.43. The van der Waals surface area contributed by atoms with Gasteiger partial charge >= 0.3 is 0 Å². The molecule has 1 unspecified atom stereocenters. The molecule has 1 fully saturated rings. The van der Waals surface area contributed by atoms with Crippen molar-refractivity contribution in [3.8, 4) is 0 Å². The Morgan fingerprint density at radius 2 is 1.92 bits per heavy atom. The smallest absolute Gasteiger partial charge is 0.136 e. The minimum Gasteiger partial charge on any atom is -0.378 e. The van der Waals surface area contributed by atoms with E-state index in [0.29, 0.717) is 12.5 Å². The van der Waals surface area contributed by atoms with Crippen LogP contribution in [0.2, 0.25) is 0 Å². The molecule has 0 spiro atoms. The van der Waals surface area contributed by atoms with Crippen LogP contribution < -0.4 is 4.90 Å². The summed E-state index contributed by atoms with van der Waals surface area (Å²) in [6.45, 7) is 8.66. The first-order valence-electron chi connectivity index (χ1n) is 8.74. The molecule has 25 heavy (non-hydrogen) atoms. The molecule has 1 aromatic heterocycles. The topological polar surface area (TPSA) is 38.2 Å². The van der Waals surface area contributed by atoms with Gasteiger partial charge in [-0.1, -0.05) is 32.9 Å². The average molecular weight is 343 g/mol. The molecule has 1 atom stereocenters. The van der Waals surface area contributed by atoms with Gasteiger partial charge in [0.05, 0.1) is 12.3 Å². The summed E-state index contributed by atoms with van der Waals surface area (Å²) in [5.41, 5.74) is 1.97. The van der Waals surface area contributed by atoms with E-state index in [1.54, 1.807) is 7.11 Å². The number of methoxy groups -OCH3 is 1. The second-order valence-electron chi connectivity index (χ2n) is 7.71. The zero-order valence-corrected chi connectivity index (χ0v) is 15.4. The molecular formula is C20H26FN3O. The lowest BCUT2D eigenvalue weighted by Gasteiger charge is -2.23. The number of ether oxygens (including phenoxy) is 1. The Kier molecular flexibility index (Phi) is 5.04. The standard InChI is InChI=1S/C20H26FN3O/c1-20(2,3)19-22-17(13-25-4)11-18(23-19)24-10-9-15(12-24)14-5-7-16(21)8-6-14/h5-8,11,15H,9-10,12-13H2,1-4H3. The largest absolute Gasteiger partial charge is 0.378 e. The van der Waals surface area contributed by atoms with E-state index < -0.39 is 0 Å². The maximum atomic E-state index is 13.1. The van der Waals surface area contributed by atoms with Crippen LogP contribution in [0.15, 0.2) is 30.3 Å². The molecule has 1 aliphatic rings. The summed E-state index contributed by atoms with van der Waals surface area (Å²) in [7, 11) is 1.68. The maximum Gasteiger partial charge on any atom is 0.136 e. The molecule has 1 saturated heterocycles. The molecule has 2 aromatic rings. The number of anilines is 1. The van der Waals surface area contributed by atoms with Crippen LogP contribution in [0, 0.1) is 5.82 Å². The van der Waals surface area contributed by atoms with Gasteiger partial charge < -0.3 is 9.64 Å². The predicted molar refractivity (Wildman–Crippen MR) is 97.4 cm³/mol. The normalized spacial score (nSPS) is 18.0. The van der Waals surface area contributed by atoms with Crippen molar-refractivity contribution in [3.05, 3.63) is 53.2 Å². The molecule has 0 saturated carbocycles. The lowest BCUT2D eigenvalue weighted by atomic mass is 9.95. The molecule has 4 nitrogen and oxygen atoms in total. The molecule has 0 aliphatic carbocycles. The van der Waals surface area contributed by atoms with E-state index in [0.717, 1.165) is 36.8 Å². The first kappa shape index (κ1) is 17.8. The van der Waals surface area contributed by atoms with Crippen molar-refractivity contribution < 1.29 is 9.13 Å². The number of halogens is 1. The summed E-state index contributed by atoms with van der Waals surface area (Å²) in [5.74, 6) is 2.01. The number of benzene rings is 1. The first-order valence-corrected chi connectivity index (χ1v) is 8.74. The molecule has 1 aromatic carbocycles. The van der Waals surface area contributed by atoms with E-state index in [2.05, 4.69) is 30.7 Å². The van der Waals surface area contributed by atoms with Crippen molar-refractivity contribution in [2.24, 2.45) is 0 Å². The highest BCUT2D eigenvalue weighted by Crippen LogP contribution is 2.31. The van der Waals surface area contributed by atoms with Gasteiger partial charge in [0, 0.05) is 37.6 Å². The fourth-order valence-electron chi connectivity index (χ4n) is 3.18. The Labute approximate surface area is 149 Å². The quantitative estimate of drug-likeness (QED) is 0.839. The molecule has 0 N–H and O–H groups in total. The summed E-state index contributed by atoms with van der Waals surface area (Å²) in [5, 5.41) is 0. The first-order chi connectivity index (χ1) is 11.9. The number of rotatable bonds is 4. The number of hydrogen-bond donors (Lipinski definition) is 0. The molecule has 134 valence electrons. The van der Waals surface area contributed by atoms with Gasteiger partial charge in [-0.2, -0.15) is 0 Å². The van der Waals surface area contributed by atoms with Gasteiger partial charge in [0.25, 0.3) is 0 Å². The minimum atomic E-state index is -0.187. The summed E-state index contributed by atoms with van der Waals surface area (Å²) in [6.07, 6.45) is 1.04. The lowest BCUT2D eigenvalue weighted by Crippen LogP contribution is -2.24. The van der Waals surface area contributed by atoms with Gasteiger partial charge in [-0.25, -0.2) is 14.4 Å². The van der Waals surface area contributed by atoms with Gasteiger partial charge in [0.15, 0.2) is 0 Å². The maximum absolute atomic E-state index is 13.1. The zero-order chi connectivity index (χ0) is 18.0. The Morgan fingerprint density at radius 1 is 1.20 bits per heavy atom. The second kappa shape index (κ2) is 7.08. The van der Waals surface area contributed by atoms with Crippen molar-refractivity contribution in [2.45, 2.75) is 45.1 Å².